The molecular weight excluding hydrogens is 298 g/mol. The Morgan fingerprint density at radius 2 is 1.82 bits per heavy atom. The highest BCUT2D eigenvalue weighted by atomic mass is 19.4. The van der Waals surface area contributed by atoms with Crippen molar-refractivity contribution in [2.45, 2.75) is 12.6 Å². The molecule has 2 aromatic carbocycles. The maximum absolute atomic E-state index is 13.2. The van der Waals surface area contributed by atoms with Gasteiger partial charge in [0.15, 0.2) is 0 Å². The van der Waals surface area contributed by atoms with E-state index in [4.69, 9.17) is 4.84 Å². The third-order valence-electron chi connectivity index (χ3n) is 2.99. The van der Waals surface area contributed by atoms with E-state index >= 15 is 0 Å². The van der Waals surface area contributed by atoms with E-state index in [2.05, 4.69) is 5.16 Å². The molecule has 0 amide bonds. The van der Waals surface area contributed by atoms with Crippen LogP contribution in [0.5, 0.6) is 0 Å². The lowest BCUT2D eigenvalue weighted by Gasteiger charge is -2.10. The summed E-state index contributed by atoms with van der Waals surface area (Å²) >= 11 is 0. The Morgan fingerprint density at radius 3 is 2.45 bits per heavy atom. The molecule has 6 heteroatoms. The molecule has 0 saturated heterocycles. The average molecular weight is 311 g/mol. The number of hydrogen-bond acceptors (Lipinski definition) is 2. The molecule has 2 nitrogen and oxygen atoms in total. The first-order valence-electron chi connectivity index (χ1n) is 6.42. The molecular formula is C16H13F4NO. The van der Waals surface area contributed by atoms with Crippen molar-refractivity contribution < 1.29 is 22.4 Å². The molecule has 0 aliphatic heterocycles. The Hall–Kier alpha value is -2.37. The summed E-state index contributed by atoms with van der Waals surface area (Å²) in [5.41, 5.74) is 0.390. The maximum atomic E-state index is 13.2. The number of oxime groups is 1. The Kier molecular flexibility index (Phi) is 4.80. The van der Waals surface area contributed by atoms with E-state index in [1.54, 1.807) is 6.07 Å². The molecule has 0 aromatic heterocycles. The quantitative estimate of drug-likeness (QED) is 0.465. The molecule has 22 heavy (non-hydrogen) atoms. The third kappa shape index (κ3) is 4.07. The minimum Gasteiger partial charge on any atom is -0.399 e. The van der Waals surface area contributed by atoms with Gasteiger partial charge in [0, 0.05) is 12.0 Å². The predicted molar refractivity (Wildman–Crippen MR) is 75.1 cm³/mol. The van der Waals surface area contributed by atoms with Crippen molar-refractivity contribution in [1.82, 2.24) is 0 Å². The lowest BCUT2D eigenvalue weighted by Crippen LogP contribution is -2.10. The molecule has 0 atom stereocenters. The Balaban J connectivity index is 2.35. The minimum atomic E-state index is -4.44. The van der Waals surface area contributed by atoms with Crippen molar-refractivity contribution in [2.75, 3.05) is 7.11 Å². The monoisotopic (exact) mass is 311 g/mol. The predicted octanol–water partition coefficient (Wildman–Crippen LogP) is 4.44. The number of rotatable bonds is 4. The highest BCUT2D eigenvalue weighted by Crippen LogP contribution is 2.29. The van der Waals surface area contributed by atoms with Crippen LogP contribution in [0.15, 0.2) is 53.7 Å². The molecule has 0 aliphatic rings. The van der Waals surface area contributed by atoms with Gasteiger partial charge < -0.3 is 4.84 Å². The lowest BCUT2D eigenvalue weighted by atomic mass is 10.0. The van der Waals surface area contributed by atoms with Gasteiger partial charge in [0.25, 0.3) is 0 Å². The Labute approximate surface area is 125 Å². The van der Waals surface area contributed by atoms with Gasteiger partial charge in [0.05, 0.1) is 11.3 Å². The second kappa shape index (κ2) is 6.60. The standard InChI is InChI=1S/C16H13F4NO/c1-22-21-15(9-11-4-2-7-14(17)8-11)12-5-3-6-13(10-12)16(18,19)20/h2-8,10H,9H2,1H3. The zero-order chi connectivity index (χ0) is 16.2. The van der Waals surface area contributed by atoms with Crippen molar-refractivity contribution in [3.8, 4) is 0 Å². The molecule has 2 rings (SSSR count). The van der Waals surface area contributed by atoms with Crippen LogP contribution in [0, 0.1) is 5.82 Å². The van der Waals surface area contributed by atoms with Gasteiger partial charge in [-0.3, -0.25) is 0 Å². The van der Waals surface area contributed by atoms with Crippen LogP contribution in [0.4, 0.5) is 17.6 Å². The van der Waals surface area contributed by atoms with Gasteiger partial charge in [-0.2, -0.15) is 13.2 Å². The molecule has 0 saturated carbocycles. The highest BCUT2D eigenvalue weighted by Gasteiger charge is 2.30. The van der Waals surface area contributed by atoms with Gasteiger partial charge in [-0.05, 0) is 29.8 Å². The molecule has 0 heterocycles. The van der Waals surface area contributed by atoms with Crippen LogP contribution in [0.25, 0.3) is 0 Å². The van der Waals surface area contributed by atoms with Crippen molar-refractivity contribution in [2.24, 2.45) is 5.16 Å². The van der Waals surface area contributed by atoms with Crippen LogP contribution in [-0.4, -0.2) is 12.8 Å². The number of alkyl halides is 3. The fourth-order valence-corrected chi connectivity index (χ4v) is 2.01. The average Bonchev–Trinajstić information content (AvgIpc) is 2.46. The van der Waals surface area contributed by atoms with Crippen molar-refractivity contribution in [3.63, 3.8) is 0 Å². The summed E-state index contributed by atoms with van der Waals surface area (Å²) < 4.78 is 51.5. The fraction of sp³-hybridized carbons (Fsp3) is 0.188. The molecule has 0 aliphatic carbocycles. The van der Waals surface area contributed by atoms with E-state index in [1.807, 2.05) is 0 Å². The van der Waals surface area contributed by atoms with Crippen molar-refractivity contribution >= 4 is 5.71 Å². The first-order chi connectivity index (χ1) is 10.4. The normalized spacial score (nSPS) is 12.3. The summed E-state index contributed by atoms with van der Waals surface area (Å²) in [6.45, 7) is 0. The highest BCUT2D eigenvalue weighted by molar-refractivity contribution is 6.01. The first kappa shape index (κ1) is 16.0. The second-order valence-corrected chi connectivity index (χ2v) is 4.61. The fourth-order valence-electron chi connectivity index (χ4n) is 2.01. The zero-order valence-corrected chi connectivity index (χ0v) is 11.7. The number of benzene rings is 2. The molecule has 116 valence electrons. The summed E-state index contributed by atoms with van der Waals surface area (Å²) in [5.74, 6) is -0.418. The van der Waals surface area contributed by atoms with Crippen LogP contribution in [0.1, 0.15) is 16.7 Å². The summed E-state index contributed by atoms with van der Waals surface area (Å²) in [6.07, 6.45) is -4.28. The smallest absolute Gasteiger partial charge is 0.399 e. The van der Waals surface area contributed by atoms with Crippen LogP contribution in [0.2, 0.25) is 0 Å². The molecule has 0 N–H and O–H groups in total. The van der Waals surface area contributed by atoms with Gasteiger partial charge in [0.2, 0.25) is 0 Å². The Bertz CT molecular complexity index is 680. The molecule has 0 bridgehead atoms. The molecule has 0 fully saturated rings. The summed E-state index contributed by atoms with van der Waals surface area (Å²) in [6, 6.07) is 10.6. The Morgan fingerprint density at radius 1 is 1.09 bits per heavy atom. The van der Waals surface area contributed by atoms with E-state index in [0.29, 0.717) is 11.3 Å². The van der Waals surface area contributed by atoms with Crippen molar-refractivity contribution in [3.05, 3.63) is 71.0 Å². The zero-order valence-electron chi connectivity index (χ0n) is 11.7. The van der Waals surface area contributed by atoms with Crippen molar-refractivity contribution in [1.29, 1.82) is 0 Å². The van der Waals surface area contributed by atoms with E-state index < -0.39 is 17.6 Å². The van der Waals surface area contributed by atoms with E-state index in [9.17, 15) is 17.6 Å². The van der Waals surface area contributed by atoms with Crippen LogP contribution in [-0.2, 0) is 17.4 Å². The third-order valence-corrected chi connectivity index (χ3v) is 2.99. The number of halogens is 4. The number of hydrogen-bond donors (Lipinski definition) is 0. The first-order valence-corrected chi connectivity index (χ1v) is 6.42. The summed E-state index contributed by atoms with van der Waals surface area (Å²) in [5, 5.41) is 3.77. The van der Waals surface area contributed by atoms with E-state index in [-0.39, 0.29) is 12.0 Å². The van der Waals surface area contributed by atoms with Gasteiger partial charge in [-0.15, -0.1) is 0 Å². The topological polar surface area (TPSA) is 21.6 Å². The lowest BCUT2D eigenvalue weighted by molar-refractivity contribution is -0.137. The maximum Gasteiger partial charge on any atom is 0.416 e. The summed E-state index contributed by atoms with van der Waals surface area (Å²) in [7, 11) is 1.30. The van der Waals surface area contributed by atoms with Gasteiger partial charge in [0.1, 0.15) is 12.9 Å². The minimum absolute atomic E-state index is 0.160. The van der Waals surface area contributed by atoms with Gasteiger partial charge in [-0.1, -0.05) is 29.4 Å². The SMILES string of the molecule is CON=C(Cc1cccc(F)c1)c1cccc(C(F)(F)F)c1. The number of nitrogens with zero attached hydrogens (tertiary/aromatic N) is 1. The molecule has 0 spiro atoms. The molecule has 2 aromatic rings. The van der Waals surface area contributed by atoms with Gasteiger partial charge in [-0.25, -0.2) is 4.39 Å². The van der Waals surface area contributed by atoms with E-state index in [1.165, 1.54) is 37.4 Å². The van der Waals surface area contributed by atoms with Crippen LogP contribution in [0.3, 0.4) is 0 Å². The largest absolute Gasteiger partial charge is 0.416 e. The summed E-state index contributed by atoms with van der Waals surface area (Å²) in [4.78, 5) is 4.70. The van der Waals surface area contributed by atoms with Crippen LogP contribution < -0.4 is 0 Å². The second-order valence-electron chi connectivity index (χ2n) is 4.61. The van der Waals surface area contributed by atoms with Crippen LogP contribution >= 0.6 is 0 Å². The molecule has 0 radical (unpaired) electrons. The van der Waals surface area contributed by atoms with E-state index in [0.717, 1.165) is 12.1 Å². The molecule has 0 unspecified atom stereocenters. The van der Waals surface area contributed by atoms with Gasteiger partial charge >= 0.3 is 6.18 Å².